The zero-order valence-electron chi connectivity index (χ0n) is 17.1. The normalized spacial score (nSPS) is 11.0. The van der Waals surface area contributed by atoms with Gasteiger partial charge in [0, 0.05) is 11.4 Å². The molecule has 0 unspecified atom stereocenters. The summed E-state index contributed by atoms with van der Waals surface area (Å²) in [6.07, 6.45) is 1.67. The zero-order valence-corrected chi connectivity index (χ0v) is 17.1. The maximum atomic E-state index is 6.46. The number of hydrogen-bond acceptors (Lipinski definition) is 2. The van der Waals surface area contributed by atoms with E-state index in [1.54, 1.807) is 0 Å². The maximum absolute atomic E-state index is 6.46. The van der Waals surface area contributed by atoms with E-state index in [0.717, 1.165) is 40.9 Å². The maximum Gasteiger partial charge on any atom is 0.0400 e. The van der Waals surface area contributed by atoms with Crippen LogP contribution < -0.4 is 11.5 Å². The van der Waals surface area contributed by atoms with E-state index in [1.807, 2.05) is 6.92 Å². The third-order valence-electron chi connectivity index (χ3n) is 6.04. The Labute approximate surface area is 163 Å². The van der Waals surface area contributed by atoms with Crippen LogP contribution in [0.15, 0.2) is 42.5 Å². The minimum atomic E-state index is 0.818. The molecule has 0 amide bonds. The van der Waals surface area contributed by atoms with Gasteiger partial charge in [-0.3, -0.25) is 0 Å². The molecular formula is C25H30N2. The van der Waals surface area contributed by atoms with Crippen LogP contribution in [0.2, 0.25) is 0 Å². The van der Waals surface area contributed by atoms with Crippen molar-refractivity contribution in [2.45, 2.75) is 47.5 Å². The Kier molecular flexibility index (Phi) is 5.27. The van der Waals surface area contributed by atoms with E-state index < -0.39 is 0 Å². The van der Waals surface area contributed by atoms with Crippen molar-refractivity contribution in [2.75, 3.05) is 11.5 Å². The molecule has 0 heterocycles. The fourth-order valence-electron chi connectivity index (χ4n) is 3.70. The first-order valence-electron chi connectivity index (χ1n) is 9.56. The van der Waals surface area contributed by atoms with Crippen molar-refractivity contribution < 1.29 is 0 Å². The lowest BCUT2D eigenvalue weighted by molar-refractivity contribution is 1.09. The predicted molar refractivity (Wildman–Crippen MR) is 117 cm³/mol. The van der Waals surface area contributed by atoms with Crippen LogP contribution in [0.1, 0.15) is 50.1 Å². The number of anilines is 2. The topological polar surface area (TPSA) is 52.0 Å². The molecule has 2 nitrogen and oxygen atoms in total. The molecule has 3 aromatic carbocycles. The van der Waals surface area contributed by atoms with Crippen molar-refractivity contribution in [1.82, 2.24) is 0 Å². The van der Waals surface area contributed by atoms with Crippen LogP contribution in [0.3, 0.4) is 0 Å². The van der Waals surface area contributed by atoms with Crippen molar-refractivity contribution in [3.63, 3.8) is 0 Å². The van der Waals surface area contributed by atoms with E-state index in [9.17, 15) is 0 Å². The highest BCUT2D eigenvalue weighted by Gasteiger charge is 2.14. The number of aryl methyl sites for hydroxylation is 2. The summed E-state index contributed by atoms with van der Waals surface area (Å²) in [5, 5.41) is 0. The number of hydrogen-bond donors (Lipinski definition) is 2. The molecule has 0 aliphatic carbocycles. The van der Waals surface area contributed by atoms with Crippen molar-refractivity contribution in [1.29, 1.82) is 0 Å². The average Bonchev–Trinajstić information content (AvgIpc) is 2.64. The van der Waals surface area contributed by atoms with E-state index >= 15 is 0 Å². The molecular weight excluding hydrogens is 328 g/mol. The van der Waals surface area contributed by atoms with Gasteiger partial charge in [0.1, 0.15) is 0 Å². The molecule has 140 valence electrons. The van der Waals surface area contributed by atoms with Crippen LogP contribution in [-0.4, -0.2) is 0 Å². The van der Waals surface area contributed by atoms with E-state index in [-0.39, 0.29) is 0 Å². The lowest BCUT2D eigenvalue weighted by atomic mass is 9.90. The molecule has 0 aliphatic heterocycles. The Hall–Kier alpha value is -2.74. The highest BCUT2D eigenvalue weighted by Crippen LogP contribution is 2.32. The molecule has 0 saturated carbocycles. The average molecular weight is 359 g/mol. The Bertz CT molecular complexity index is 922. The summed E-state index contributed by atoms with van der Waals surface area (Å²) in [7, 11) is 0. The van der Waals surface area contributed by atoms with Crippen LogP contribution in [0, 0.1) is 34.6 Å². The second-order valence-electron chi connectivity index (χ2n) is 7.72. The van der Waals surface area contributed by atoms with Crippen LogP contribution in [0.5, 0.6) is 0 Å². The number of nitrogens with two attached hydrogens (primary N) is 2. The Balaban J connectivity index is 2.04. The van der Waals surface area contributed by atoms with Gasteiger partial charge < -0.3 is 11.5 Å². The molecule has 0 bridgehead atoms. The van der Waals surface area contributed by atoms with Gasteiger partial charge in [0.2, 0.25) is 0 Å². The molecule has 0 saturated heterocycles. The van der Waals surface area contributed by atoms with Crippen molar-refractivity contribution in [3.8, 4) is 0 Å². The monoisotopic (exact) mass is 358 g/mol. The first kappa shape index (κ1) is 19.0. The first-order valence-corrected chi connectivity index (χ1v) is 9.56. The molecule has 0 aromatic heterocycles. The lowest BCUT2D eigenvalue weighted by Gasteiger charge is -2.18. The standard InChI is InChI=1S/C25H30N2/c1-15-8-6-10-20(17(15)3)12-22-14-23(25(27)19(5)24(22)26)13-21-11-7-9-16(2)18(21)4/h6-11,14H,12-13,26-27H2,1-5H3. The molecule has 27 heavy (non-hydrogen) atoms. The van der Waals surface area contributed by atoms with Gasteiger partial charge in [-0.15, -0.1) is 0 Å². The van der Waals surface area contributed by atoms with Gasteiger partial charge in [0.25, 0.3) is 0 Å². The van der Waals surface area contributed by atoms with Crippen LogP contribution >= 0.6 is 0 Å². The largest absolute Gasteiger partial charge is 0.398 e. The van der Waals surface area contributed by atoms with Gasteiger partial charge in [-0.05, 0) is 97.5 Å². The summed E-state index contributed by atoms with van der Waals surface area (Å²) in [5.74, 6) is 0. The predicted octanol–water partition coefficient (Wildman–Crippen LogP) is 5.57. The molecule has 0 radical (unpaired) electrons. The molecule has 4 N–H and O–H groups in total. The van der Waals surface area contributed by atoms with Gasteiger partial charge in [0.15, 0.2) is 0 Å². The number of benzene rings is 3. The summed E-state index contributed by atoms with van der Waals surface area (Å²) >= 11 is 0. The van der Waals surface area contributed by atoms with E-state index in [4.69, 9.17) is 11.5 Å². The van der Waals surface area contributed by atoms with Crippen molar-refractivity contribution in [3.05, 3.63) is 92.5 Å². The molecule has 0 aliphatic rings. The first-order chi connectivity index (χ1) is 12.8. The molecule has 0 fully saturated rings. The Morgan fingerprint density at radius 1 is 0.556 bits per heavy atom. The summed E-state index contributed by atoms with van der Waals surface area (Å²) in [6, 6.07) is 15.1. The van der Waals surface area contributed by atoms with E-state index in [1.165, 1.54) is 33.4 Å². The Morgan fingerprint density at radius 3 is 1.37 bits per heavy atom. The van der Waals surface area contributed by atoms with E-state index in [0.29, 0.717) is 0 Å². The van der Waals surface area contributed by atoms with Crippen molar-refractivity contribution >= 4 is 11.4 Å². The summed E-state index contributed by atoms with van der Waals surface area (Å²) in [5.41, 5.74) is 25.8. The fraction of sp³-hybridized carbons (Fsp3) is 0.280. The second-order valence-corrected chi connectivity index (χ2v) is 7.72. The van der Waals surface area contributed by atoms with Gasteiger partial charge in [-0.25, -0.2) is 0 Å². The van der Waals surface area contributed by atoms with Gasteiger partial charge in [-0.1, -0.05) is 42.5 Å². The second kappa shape index (κ2) is 7.48. The molecule has 2 heteroatoms. The SMILES string of the molecule is Cc1cccc(Cc2cc(Cc3cccc(C)c3C)c(N)c(C)c2N)c1C. The summed E-state index contributed by atoms with van der Waals surface area (Å²) in [6.45, 7) is 10.7. The van der Waals surface area contributed by atoms with Crippen LogP contribution in [0.4, 0.5) is 11.4 Å². The quantitative estimate of drug-likeness (QED) is 0.599. The minimum absolute atomic E-state index is 0.818. The zero-order chi connectivity index (χ0) is 19.7. The Morgan fingerprint density at radius 2 is 0.963 bits per heavy atom. The lowest BCUT2D eigenvalue weighted by Crippen LogP contribution is -2.07. The van der Waals surface area contributed by atoms with Gasteiger partial charge in [-0.2, -0.15) is 0 Å². The van der Waals surface area contributed by atoms with Gasteiger partial charge >= 0.3 is 0 Å². The summed E-state index contributed by atoms with van der Waals surface area (Å²) < 4.78 is 0. The highest BCUT2D eigenvalue weighted by atomic mass is 14.6. The molecule has 0 spiro atoms. The molecule has 0 atom stereocenters. The smallest absolute Gasteiger partial charge is 0.0400 e. The third-order valence-corrected chi connectivity index (χ3v) is 6.04. The van der Waals surface area contributed by atoms with Crippen LogP contribution in [-0.2, 0) is 12.8 Å². The number of nitrogen functional groups attached to an aromatic ring is 2. The fourth-order valence-corrected chi connectivity index (χ4v) is 3.70. The van der Waals surface area contributed by atoms with Crippen molar-refractivity contribution in [2.24, 2.45) is 0 Å². The highest BCUT2D eigenvalue weighted by molar-refractivity contribution is 5.70. The molecule has 3 rings (SSSR count). The van der Waals surface area contributed by atoms with Crippen LogP contribution in [0.25, 0.3) is 0 Å². The molecule has 3 aromatic rings. The van der Waals surface area contributed by atoms with E-state index in [2.05, 4.69) is 70.2 Å². The minimum Gasteiger partial charge on any atom is -0.398 e. The summed E-state index contributed by atoms with van der Waals surface area (Å²) in [4.78, 5) is 0. The van der Waals surface area contributed by atoms with Gasteiger partial charge in [0.05, 0.1) is 0 Å². The third kappa shape index (κ3) is 3.71. The number of rotatable bonds is 4.